The monoisotopic (exact) mass is 297 g/mol. The summed E-state index contributed by atoms with van der Waals surface area (Å²) in [4.78, 5) is 0. The third-order valence-electron chi connectivity index (χ3n) is 3.96. The lowest BCUT2D eigenvalue weighted by Crippen LogP contribution is -2.33. The van der Waals surface area contributed by atoms with E-state index in [-0.39, 0.29) is 0 Å². The summed E-state index contributed by atoms with van der Waals surface area (Å²) in [7, 11) is 0. The van der Waals surface area contributed by atoms with Gasteiger partial charge in [0.1, 0.15) is 13.2 Å². The Morgan fingerprint density at radius 1 is 1.30 bits per heavy atom. The van der Waals surface area contributed by atoms with E-state index in [1.807, 2.05) is 12.1 Å². The van der Waals surface area contributed by atoms with Crippen molar-refractivity contribution in [2.24, 2.45) is 5.92 Å². The van der Waals surface area contributed by atoms with Gasteiger partial charge in [-0.3, -0.25) is 0 Å². The van der Waals surface area contributed by atoms with Crippen LogP contribution in [0.1, 0.15) is 18.9 Å². The van der Waals surface area contributed by atoms with Crippen LogP contribution in [0.5, 0.6) is 11.5 Å². The molecular formula is C15H20ClNO3. The molecule has 1 fully saturated rings. The van der Waals surface area contributed by atoms with Gasteiger partial charge < -0.3 is 19.5 Å². The fourth-order valence-corrected chi connectivity index (χ4v) is 2.95. The highest BCUT2D eigenvalue weighted by Gasteiger charge is 2.22. The lowest BCUT2D eigenvalue weighted by Gasteiger charge is -2.22. The molecule has 1 aromatic rings. The van der Waals surface area contributed by atoms with Crippen LogP contribution in [0, 0.1) is 5.92 Å². The minimum Gasteiger partial charge on any atom is -0.486 e. The topological polar surface area (TPSA) is 39.7 Å². The average Bonchev–Trinajstić information content (AvgIpc) is 2.99. The van der Waals surface area contributed by atoms with Crippen LogP contribution in [0.4, 0.5) is 0 Å². The van der Waals surface area contributed by atoms with Crippen molar-refractivity contribution in [3.8, 4) is 11.5 Å². The molecule has 110 valence electrons. The lowest BCUT2D eigenvalue weighted by atomic mass is 10.0. The van der Waals surface area contributed by atoms with Crippen molar-refractivity contribution in [3.05, 3.63) is 22.7 Å². The Morgan fingerprint density at radius 2 is 2.15 bits per heavy atom. The number of halogens is 1. The zero-order valence-corrected chi connectivity index (χ0v) is 12.4. The highest BCUT2D eigenvalue weighted by atomic mass is 35.5. The first-order valence-electron chi connectivity index (χ1n) is 7.13. The third kappa shape index (κ3) is 3.03. The summed E-state index contributed by atoms with van der Waals surface area (Å²) < 4.78 is 16.5. The second-order valence-electron chi connectivity index (χ2n) is 5.40. The van der Waals surface area contributed by atoms with Crippen LogP contribution in [0.3, 0.4) is 0 Å². The summed E-state index contributed by atoms with van der Waals surface area (Å²) in [5.41, 5.74) is 1.12. The fourth-order valence-electron chi connectivity index (χ4n) is 2.66. The standard InChI is InChI=1S/C15H20ClNO3/c1-10(12-2-3-18-9-12)17-8-11-6-13(16)15-14(7-11)19-4-5-20-15/h6-7,10,12,17H,2-5,8-9H2,1H3. The van der Waals surface area contributed by atoms with E-state index < -0.39 is 0 Å². The summed E-state index contributed by atoms with van der Waals surface area (Å²) in [6, 6.07) is 4.38. The Balaban J connectivity index is 1.64. The van der Waals surface area contributed by atoms with Gasteiger partial charge >= 0.3 is 0 Å². The van der Waals surface area contributed by atoms with E-state index in [4.69, 9.17) is 25.8 Å². The second kappa shape index (κ2) is 6.20. The first-order chi connectivity index (χ1) is 9.74. The van der Waals surface area contributed by atoms with Gasteiger partial charge in [-0.25, -0.2) is 0 Å². The van der Waals surface area contributed by atoms with Crippen molar-refractivity contribution in [1.82, 2.24) is 5.32 Å². The predicted molar refractivity (Wildman–Crippen MR) is 77.7 cm³/mol. The largest absolute Gasteiger partial charge is 0.486 e. The summed E-state index contributed by atoms with van der Waals surface area (Å²) in [5, 5.41) is 4.16. The summed E-state index contributed by atoms with van der Waals surface area (Å²) in [6.45, 7) is 5.86. The molecule has 2 aliphatic rings. The maximum atomic E-state index is 6.24. The Hall–Kier alpha value is -0.970. The number of nitrogens with one attached hydrogen (secondary N) is 1. The molecule has 0 aliphatic carbocycles. The van der Waals surface area contributed by atoms with E-state index in [9.17, 15) is 0 Å². The maximum absolute atomic E-state index is 6.24. The van der Waals surface area contributed by atoms with Crippen LogP contribution in [0.2, 0.25) is 5.02 Å². The van der Waals surface area contributed by atoms with Crippen LogP contribution in [0.25, 0.3) is 0 Å². The van der Waals surface area contributed by atoms with Gasteiger partial charge in [-0.15, -0.1) is 0 Å². The minimum absolute atomic E-state index is 0.435. The minimum atomic E-state index is 0.435. The summed E-state index contributed by atoms with van der Waals surface area (Å²) in [5.74, 6) is 2.01. The molecule has 5 heteroatoms. The van der Waals surface area contributed by atoms with Crippen LogP contribution >= 0.6 is 11.6 Å². The smallest absolute Gasteiger partial charge is 0.179 e. The molecule has 2 unspecified atom stereocenters. The van der Waals surface area contributed by atoms with Gasteiger partial charge in [0.2, 0.25) is 0 Å². The number of hydrogen-bond acceptors (Lipinski definition) is 4. The van der Waals surface area contributed by atoms with Crippen LogP contribution in [-0.2, 0) is 11.3 Å². The Labute approximate surface area is 124 Å². The van der Waals surface area contributed by atoms with Crippen LogP contribution in [0.15, 0.2) is 12.1 Å². The zero-order chi connectivity index (χ0) is 13.9. The highest BCUT2D eigenvalue weighted by molar-refractivity contribution is 6.32. The summed E-state index contributed by atoms with van der Waals surface area (Å²) >= 11 is 6.24. The molecule has 0 amide bonds. The molecule has 2 atom stereocenters. The van der Waals surface area contributed by atoms with Gasteiger partial charge in [0.05, 0.1) is 11.6 Å². The van der Waals surface area contributed by atoms with Gasteiger partial charge in [0.15, 0.2) is 11.5 Å². The van der Waals surface area contributed by atoms with Crippen molar-refractivity contribution in [2.45, 2.75) is 25.9 Å². The Kier molecular flexibility index (Phi) is 4.34. The molecule has 1 aromatic carbocycles. The molecule has 4 nitrogen and oxygen atoms in total. The molecular weight excluding hydrogens is 278 g/mol. The average molecular weight is 298 g/mol. The van der Waals surface area contributed by atoms with Crippen molar-refractivity contribution < 1.29 is 14.2 Å². The van der Waals surface area contributed by atoms with Gasteiger partial charge in [0.25, 0.3) is 0 Å². The third-order valence-corrected chi connectivity index (χ3v) is 4.24. The second-order valence-corrected chi connectivity index (χ2v) is 5.80. The predicted octanol–water partition coefficient (Wildman–Crippen LogP) is 2.63. The van der Waals surface area contributed by atoms with Crippen molar-refractivity contribution in [3.63, 3.8) is 0 Å². The molecule has 3 rings (SSSR count). The van der Waals surface area contributed by atoms with Gasteiger partial charge in [-0.2, -0.15) is 0 Å². The highest BCUT2D eigenvalue weighted by Crippen LogP contribution is 2.38. The molecule has 2 aliphatic heterocycles. The number of ether oxygens (including phenoxy) is 3. The first kappa shape index (κ1) is 14.0. The zero-order valence-electron chi connectivity index (χ0n) is 11.7. The first-order valence-corrected chi connectivity index (χ1v) is 7.51. The Bertz CT molecular complexity index is 474. The van der Waals surface area contributed by atoms with Crippen molar-refractivity contribution in [1.29, 1.82) is 0 Å². The van der Waals surface area contributed by atoms with Crippen molar-refractivity contribution >= 4 is 11.6 Å². The van der Waals surface area contributed by atoms with Crippen molar-refractivity contribution in [2.75, 3.05) is 26.4 Å². The SMILES string of the molecule is CC(NCc1cc(Cl)c2c(c1)OCCO2)C1CCOC1. The fraction of sp³-hybridized carbons (Fsp3) is 0.600. The molecule has 1 N–H and O–H groups in total. The lowest BCUT2D eigenvalue weighted by molar-refractivity contribution is 0.171. The molecule has 0 spiro atoms. The number of fused-ring (bicyclic) bond motifs is 1. The van der Waals surface area contributed by atoms with E-state index in [1.54, 1.807) is 0 Å². The molecule has 0 radical (unpaired) electrons. The van der Waals surface area contributed by atoms with E-state index in [1.165, 1.54) is 0 Å². The molecule has 20 heavy (non-hydrogen) atoms. The summed E-state index contributed by atoms with van der Waals surface area (Å²) in [6.07, 6.45) is 1.13. The normalized spacial score (nSPS) is 22.8. The van der Waals surface area contributed by atoms with Gasteiger partial charge in [-0.1, -0.05) is 11.6 Å². The number of hydrogen-bond donors (Lipinski definition) is 1. The van der Waals surface area contributed by atoms with Crippen LogP contribution in [-0.4, -0.2) is 32.5 Å². The molecule has 0 saturated carbocycles. The van der Waals surface area contributed by atoms with E-state index in [2.05, 4.69) is 12.2 Å². The molecule has 1 saturated heterocycles. The Morgan fingerprint density at radius 3 is 2.95 bits per heavy atom. The molecule has 2 heterocycles. The van der Waals surface area contributed by atoms with Crippen LogP contribution < -0.4 is 14.8 Å². The number of rotatable bonds is 4. The quantitative estimate of drug-likeness (QED) is 0.927. The molecule has 0 bridgehead atoms. The molecule has 0 aromatic heterocycles. The van der Waals surface area contributed by atoms with E-state index in [0.29, 0.717) is 35.9 Å². The number of benzene rings is 1. The van der Waals surface area contributed by atoms with Gasteiger partial charge in [-0.05, 0) is 37.0 Å². The van der Waals surface area contributed by atoms with E-state index in [0.717, 1.165) is 37.5 Å². The maximum Gasteiger partial charge on any atom is 0.179 e. The van der Waals surface area contributed by atoms with Gasteiger partial charge in [0, 0.05) is 19.2 Å². The van der Waals surface area contributed by atoms with E-state index >= 15 is 0 Å².